The van der Waals surface area contributed by atoms with Crippen LogP contribution in [-0.2, 0) is 6.42 Å². The van der Waals surface area contributed by atoms with Crippen molar-refractivity contribution in [2.45, 2.75) is 24.8 Å². The van der Waals surface area contributed by atoms with Gasteiger partial charge in [0.05, 0.1) is 34.6 Å². The maximum atomic E-state index is 13.8. The summed E-state index contributed by atoms with van der Waals surface area (Å²) in [5, 5.41) is 11.5. The molecular weight excluding hydrogens is 352 g/mol. The Morgan fingerprint density at radius 2 is 2.35 bits per heavy atom. The van der Waals surface area contributed by atoms with E-state index in [1.165, 1.54) is 16.2 Å². The lowest BCUT2D eigenvalue weighted by molar-refractivity contribution is 0.00519. The third-order valence-corrected chi connectivity index (χ3v) is 5.40. The zero-order chi connectivity index (χ0) is 14.5. The van der Waals surface area contributed by atoms with E-state index < -0.39 is 18.5 Å². The molecule has 3 heterocycles. The minimum Gasteiger partial charge on any atom is -0.362 e. The first-order valence-electron chi connectivity index (χ1n) is 6.03. The van der Waals surface area contributed by atoms with Crippen LogP contribution in [0.3, 0.4) is 0 Å². The van der Waals surface area contributed by atoms with Gasteiger partial charge in [0.25, 0.3) is 11.8 Å². The predicted molar refractivity (Wildman–Crippen MR) is 74.4 cm³/mol. The summed E-state index contributed by atoms with van der Waals surface area (Å²) in [4.78, 5) is 14.1. The maximum absolute atomic E-state index is 13.8. The smallest absolute Gasteiger partial charge is 0.269 e. The summed E-state index contributed by atoms with van der Waals surface area (Å²) >= 11 is 4.45. The predicted octanol–water partition coefficient (Wildman–Crippen LogP) is 2.53. The van der Waals surface area contributed by atoms with Crippen LogP contribution in [0.1, 0.15) is 21.7 Å². The highest BCUT2D eigenvalue weighted by atomic mass is 79.9. The lowest BCUT2D eigenvalue weighted by atomic mass is 10.0. The number of hydrogen-bond donors (Lipinski definition) is 1. The molecule has 0 radical (unpaired) electrons. The van der Waals surface area contributed by atoms with Crippen molar-refractivity contribution < 1.29 is 13.6 Å². The van der Waals surface area contributed by atoms with Gasteiger partial charge >= 0.3 is 0 Å². The van der Waals surface area contributed by atoms with E-state index in [-0.39, 0.29) is 25.3 Å². The molecule has 4 nitrogen and oxygen atoms in total. The van der Waals surface area contributed by atoms with Crippen molar-refractivity contribution in [3.63, 3.8) is 0 Å². The molecule has 0 saturated heterocycles. The lowest BCUT2D eigenvalue weighted by Crippen LogP contribution is -2.47. The molecular formula is C12H10BrF2N3OS. The topological polar surface area (TPSA) is 56.1 Å². The molecule has 0 unspecified atom stereocenters. The Bertz CT molecular complexity index is 625. The van der Waals surface area contributed by atoms with Crippen molar-refractivity contribution in [3.05, 3.63) is 14.2 Å². The van der Waals surface area contributed by atoms with Crippen LogP contribution < -0.4 is 10.2 Å². The highest BCUT2D eigenvalue weighted by Gasteiger charge is 2.44. The molecule has 8 heteroatoms. The van der Waals surface area contributed by atoms with Gasteiger partial charge in [-0.15, -0.1) is 11.3 Å². The third kappa shape index (κ3) is 2.19. The molecule has 0 bridgehead atoms. The van der Waals surface area contributed by atoms with Gasteiger partial charge in [-0.05, 0) is 15.9 Å². The van der Waals surface area contributed by atoms with Crippen LogP contribution in [0.15, 0.2) is 3.79 Å². The second kappa shape index (κ2) is 4.67. The zero-order valence-electron chi connectivity index (χ0n) is 10.3. The summed E-state index contributed by atoms with van der Waals surface area (Å²) in [6.45, 7) is -0.175. The van der Waals surface area contributed by atoms with Crippen molar-refractivity contribution in [2.75, 3.05) is 18.0 Å². The van der Waals surface area contributed by atoms with E-state index in [0.717, 1.165) is 0 Å². The van der Waals surface area contributed by atoms with E-state index in [2.05, 4.69) is 21.2 Å². The number of nitrogens with zero attached hydrogens (tertiary/aromatic N) is 2. The Morgan fingerprint density at radius 3 is 3.05 bits per heavy atom. The third-order valence-electron chi connectivity index (χ3n) is 3.42. The average molecular weight is 362 g/mol. The van der Waals surface area contributed by atoms with E-state index in [1.807, 2.05) is 6.07 Å². The number of amides is 1. The van der Waals surface area contributed by atoms with Crippen LogP contribution in [0.5, 0.6) is 0 Å². The first-order chi connectivity index (χ1) is 9.41. The van der Waals surface area contributed by atoms with Crippen LogP contribution in [0.2, 0.25) is 0 Å². The number of rotatable bonds is 1. The fourth-order valence-electron chi connectivity index (χ4n) is 2.69. The summed E-state index contributed by atoms with van der Waals surface area (Å²) in [6, 6.07) is 1.56. The number of hydrogen-bond acceptors (Lipinski definition) is 4. The highest BCUT2D eigenvalue weighted by molar-refractivity contribution is 9.11. The number of anilines is 1. The molecule has 2 aliphatic rings. The van der Waals surface area contributed by atoms with Gasteiger partial charge < -0.3 is 10.2 Å². The number of nitriles is 1. The molecule has 0 saturated carbocycles. The number of alkyl halides is 2. The zero-order valence-corrected chi connectivity index (χ0v) is 12.7. The SMILES string of the molecule is N#CC[C@@H]1CN2CC(F)(F)Cc3c(Br)sc(c32)C(=O)N1. The maximum Gasteiger partial charge on any atom is 0.269 e. The van der Waals surface area contributed by atoms with Gasteiger partial charge in [0.15, 0.2) is 0 Å². The molecule has 0 aromatic carbocycles. The summed E-state index contributed by atoms with van der Waals surface area (Å²) < 4.78 is 28.3. The van der Waals surface area contributed by atoms with E-state index >= 15 is 0 Å². The van der Waals surface area contributed by atoms with Crippen LogP contribution in [0.25, 0.3) is 0 Å². The van der Waals surface area contributed by atoms with Gasteiger partial charge in [-0.3, -0.25) is 4.79 Å². The van der Waals surface area contributed by atoms with E-state index in [4.69, 9.17) is 5.26 Å². The number of nitrogens with one attached hydrogen (secondary N) is 1. The van der Waals surface area contributed by atoms with E-state index in [9.17, 15) is 13.6 Å². The van der Waals surface area contributed by atoms with Crippen molar-refractivity contribution in [3.8, 4) is 6.07 Å². The number of carbonyl (C=O) groups excluding carboxylic acids is 1. The molecule has 20 heavy (non-hydrogen) atoms. The minimum absolute atomic E-state index is 0.110. The van der Waals surface area contributed by atoms with Crippen LogP contribution in [0.4, 0.5) is 14.5 Å². The van der Waals surface area contributed by atoms with Gasteiger partial charge in [0.1, 0.15) is 4.88 Å². The number of carbonyl (C=O) groups is 1. The average Bonchev–Trinajstić information content (AvgIpc) is 2.59. The second-order valence-corrected chi connectivity index (χ2v) is 7.32. The fraction of sp³-hybridized carbons (Fsp3) is 0.500. The van der Waals surface area contributed by atoms with Crippen molar-refractivity contribution >= 4 is 38.9 Å². The van der Waals surface area contributed by atoms with Crippen LogP contribution in [0, 0.1) is 11.3 Å². The molecule has 1 amide bonds. The monoisotopic (exact) mass is 361 g/mol. The molecule has 0 spiro atoms. The van der Waals surface area contributed by atoms with Gasteiger partial charge in [0, 0.05) is 18.5 Å². The van der Waals surface area contributed by atoms with Gasteiger partial charge in [0.2, 0.25) is 0 Å². The Morgan fingerprint density at radius 1 is 1.60 bits per heavy atom. The lowest BCUT2D eigenvalue weighted by Gasteiger charge is -2.35. The van der Waals surface area contributed by atoms with Crippen molar-refractivity contribution in [1.29, 1.82) is 5.26 Å². The van der Waals surface area contributed by atoms with Crippen molar-refractivity contribution in [1.82, 2.24) is 5.32 Å². The quantitative estimate of drug-likeness (QED) is 0.836. The molecule has 3 rings (SSSR count). The van der Waals surface area contributed by atoms with Gasteiger partial charge in [-0.1, -0.05) is 0 Å². The number of halogens is 3. The highest BCUT2D eigenvalue weighted by Crippen LogP contribution is 2.46. The normalized spacial score (nSPS) is 23.6. The van der Waals surface area contributed by atoms with Crippen LogP contribution >= 0.6 is 27.3 Å². The Kier molecular flexibility index (Phi) is 3.21. The van der Waals surface area contributed by atoms with Gasteiger partial charge in [-0.2, -0.15) is 5.26 Å². The molecule has 1 aromatic heterocycles. The standard InChI is InChI=1S/C12H10BrF2N3OS/c13-10-7-3-12(14,15)5-18-4-6(1-2-16)17-11(19)9(20-10)8(7)18/h6H,1,3-5H2,(H,17,19)/t6-/m1/s1. The molecule has 0 fully saturated rings. The fourth-order valence-corrected chi connectivity index (χ4v) is 4.47. The molecule has 106 valence electrons. The summed E-state index contributed by atoms with van der Waals surface area (Å²) in [5.41, 5.74) is 1.10. The molecule has 2 aliphatic heterocycles. The molecule has 1 N–H and O–H groups in total. The largest absolute Gasteiger partial charge is 0.362 e. The Labute approximate surface area is 126 Å². The van der Waals surface area contributed by atoms with Gasteiger partial charge in [-0.25, -0.2) is 8.78 Å². The first kappa shape index (κ1) is 13.8. The summed E-state index contributed by atoms with van der Waals surface area (Å²) in [7, 11) is 0. The van der Waals surface area contributed by atoms with Crippen LogP contribution in [-0.4, -0.2) is 31.0 Å². The molecule has 0 aliphatic carbocycles. The number of thiophene rings is 1. The molecule has 1 aromatic rings. The second-order valence-electron chi connectivity index (χ2n) is 4.98. The van der Waals surface area contributed by atoms with E-state index in [1.54, 1.807) is 0 Å². The summed E-state index contributed by atoms with van der Waals surface area (Å²) in [6.07, 6.45) is -0.245. The first-order valence-corrected chi connectivity index (χ1v) is 7.64. The Hall–Kier alpha value is -1.20. The van der Waals surface area contributed by atoms with Crippen molar-refractivity contribution in [2.24, 2.45) is 0 Å². The summed E-state index contributed by atoms with van der Waals surface area (Å²) in [5.74, 6) is -3.11. The Balaban J connectivity index is 2.08. The minimum atomic E-state index is -2.82. The van der Waals surface area contributed by atoms with E-state index in [0.29, 0.717) is 19.9 Å². The molecule has 1 atom stereocenters.